The Bertz CT molecular complexity index is 1290. The summed E-state index contributed by atoms with van der Waals surface area (Å²) in [7, 11) is 2.12. The van der Waals surface area contributed by atoms with Gasteiger partial charge in [0.2, 0.25) is 0 Å². The molecule has 2 aromatic carbocycles. The average molecular weight is 500 g/mol. The van der Waals surface area contributed by atoms with Gasteiger partial charge in [0.1, 0.15) is 5.75 Å². The van der Waals surface area contributed by atoms with Crippen LogP contribution < -0.4 is 10.3 Å². The minimum Gasteiger partial charge on any atom is -0.497 e. The van der Waals surface area contributed by atoms with Crippen LogP contribution in [0.4, 0.5) is 0 Å². The zero-order chi connectivity index (χ0) is 25.2. The van der Waals surface area contributed by atoms with Crippen LogP contribution in [0.1, 0.15) is 55.1 Å². The molecule has 0 aliphatic rings. The van der Waals surface area contributed by atoms with E-state index in [1.165, 1.54) is 4.57 Å². The maximum atomic E-state index is 13.5. The highest BCUT2D eigenvalue weighted by Gasteiger charge is 2.25. The van der Waals surface area contributed by atoms with E-state index in [1.807, 2.05) is 33.8 Å². The van der Waals surface area contributed by atoms with Gasteiger partial charge in [-0.05, 0) is 80.3 Å². The molecule has 180 valence electrons. The van der Waals surface area contributed by atoms with E-state index >= 15 is 0 Å². The molecule has 0 amide bonds. The third kappa shape index (κ3) is 5.68. The fraction of sp³-hybridized carbons (Fsp3) is 0.333. The summed E-state index contributed by atoms with van der Waals surface area (Å²) in [5.41, 5.74) is 2.97. The number of hydrogen-bond acceptors (Lipinski definition) is 4. The summed E-state index contributed by atoms with van der Waals surface area (Å²) in [6, 6.07) is 13.6. The maximum absolute atomic E-state index is 13.5. The van der Waals surface area contributed by atoms with Crippen molar-refractivity contribution < 1.29 is 13.7 Å². The lowest BCUT2D eigenvalue weighted by Gasteiger charge is -2.23. The highest BCUT2D eigenvalue weighted by molar-refractivity contribution is 7.86. The summed E-state index contributed by atoms with van der Waals surface area (Å²) in [5, 5.41) is 0.545. The number of halogens is 1. The molecule has 0 aliphatic heterocycles. The van der Waals surface area contributed by atoms with E-state index in [4.69, 9.17) is 16.3 Å². The molecule has 0 spiro atoms. The number of aromatic nitrogens is 1. The van der Waals surface area contributed by atoms with E-state index in [0.29, 0.717) is 33.2 Å². The van der Waals surface area contributed by atoms with Crippen molar-refractivity contribution in [3.05, 3.63) is 86.8 Å². The second-order valence-corrected chi connectivity index (χ2v) is 12.1. The van der Waals surface area contributed by atoms with Gasteiger partial charge in [0.15, 0.2) is 5.78 Å². The normalized spacial score (nSPS) is 13.4. The number of ketones is 1. The second-order valence-electron chi connectivity index (χ2n) is 9.36. The Morgan fingerprint density at radius 2 is 1.74 bits per heavy atom. The van der Waals surface area contributed by atoms with Crippen molar-refractivity contribution >= 4 is 28.2 Å². The number of hydrogen-bond donors (Lipinski definition) is 0. The number of carbonyl (C=O) groups is 1. The van der Waals surface area contributed by atoms with Gasteiger partial charge in [0, 0.05) is 62.3 Å². The molecule has 0 radical (unpaired) electrons. The first-order valence-corrected chi connectivity index (χ1v) is 12.7. The molecule has 0 saturated carbocycles. The van der Waals surface area contributed by atoms with Crippen LogP contribution in [0.2, 0.25) is 5.02 Å². The summed E-state index contributed by atoms with van der Waals surface area (Å²) in [4.78, 5) is 26.1. The van der Waals surface area contributed by atoms with Gasteiger partial charge >= 0.3 is 0 Å². The highest BCUT2D eigenvalue weighted by Crippen LogP contribution is 2.35. The minimum absolute atomic E-state index is 0.161. The van der Waals surface area contributed by atoms with Gasteiger partial charge in [0.05, 0.1) is 7.11 Å². The molecular formula is C27H30ClNO4S. The van der Waals surface area contributed by atoms with Crippen molar-refractivity contribution in [3.63, 3.8) is 0 Å². The van der Waals surface area contributed by atoms with Gasteiger partial charge in [-0.25, -0.2) is 0 Å². The average Bonchev–Trinajstić information content (AvgIpc) is 2.79. The van der Waals surface area contributed by atoms with E-state index in [2.05, 4.69) is 0 Å². The van der Waals surface area contributed by atoms with Gasteiger partial charge < -0.3 is 9.30 Å². The number of rotatable bonds is 7. The zero-order valence-electron chi connectivity index (χ0n) is 20.3. The molecule has 1 heterocycles. The van der Waals surface area contributed by atoms with Crippen LogP contribution in [0.3, 0.4) is 0 Å². The van der Waals surface area contributed by atoms with Crippen LogP contribution in [0, 0.1) is 0 Å². The topological polar surface area (TPSA) is 65.4 Å². The van der Waals surface area contributed by atoms with Gasteiger partial charge in [-0.15, -0.1) is 0 Å². The van der Waals surface area contributed by atoms with Crippen molar-refractivity contribution in [2.24, 2.45) is 7.05 Å². The van der Waals surface area contributed by atoms with Crippen molar-refractivity contribution in [2.75, 3.05) is 12.9 Å². The van der Waals surface area contributed by atoms with E-state index in [0.717, 1.165) is 11.1 Å². The largest absolute Gasteiger partial charge is 0.497 e. The SMILES string of the molecule is COc1ccc(-c2cn(C)c(=O)cc2C(C)CS(=O)C(C)(C)C)c(C(=O)c2ccc(Cl)cc2)c1. The summed E-state index contributed by atoms with van der Waals surface area (Å²) >= 11 is 6.01. The Morgan fingerprint density at radius 1 is 1.09 bits per heavy atom. The third-order valence-electron chi connectivity index (χ3n) is 5.74. The van der Waals surface area contributed by atoms with Crippen LogP contribution in [-0.4, -0.2) is 32.2 Å². The van der Waals surface area contributed by atoms with Gasteiger partial charge in [-0.1, -0.05) is 18.5 Å². The molecule has 0 N–H and O–H groups in total. The number of benzene rings is 2. The molecule has 2 atom stereocenters. The number of carbonyl (C=O) groups excluding carboxylic acids is 1. The fourth-order valence-electron chi connectivity index (χ4n) is 3.67. The van der Waals surface area contributed by atoms with Crippen LogP contribution >= 0.6 is 11.6 Å². The molecule has 2 unspecified atom stereocenters. The smallest absolute Gasteiger partial charge is 0.250 e. The summed E-state index contributed by atoms with van der Waals surface area (Å²) in [5.74, 6) is 0.607. The lowest BCUT2D eigenvalue weighted by atomic mass is 9.89. The number of ether oxygens (including phenoxy) is 1. The molecular weight excluding hydrogens is 470 g/mol. The molecule has 0 aliphatic carbocycles. The van der Waals surface area contributed by atoms with E-state index < -0.39 is 10.8 Å². The second kappa shape index (κ2) is 10.3. The maximum Gasteiger partial charge on any atom is 0.250 e. The van der Waals surface area contributed by atoms with Crippen molar-refractivity contribution in [1.82, 2.24) is 4.57 Å². The Kier molecular flexibility index (Phi) is 7.84. The molecule has 3 aromatic rings. The van der Waals surface area contributed by atoms with Crippen molar-refractivity contribution in [2.45, 2.75) is 38.4 Å². The molecule has 0 saturated heterocycles. The molecule has 3 rings (SSSR count). The predicted molar refractivity (Wildman–Crippen MR) is 140 cm³/mol. The van der Waals surface area contributed by atoms with Crippen LogP contribution in [-0.2, 0) is 17.8 Å². The molecule has 0 bridgehead atoms. The lowest BCUT2D eigenvalue weighted by molar-refractivity contribution is 0.103. The lowest BCUT2D eigenvalue weighted by Crippen LogP contribution is -2.27. The molecule has 1 aromatic heterocycles. The quantitative estimate of drug-likeness (QED) is 0.397. The monoisotopic (exact) mass is 499 g/mol. The number of aryl methyl sites for hydroxylation is 1. The summed E-state index contributed by atoms with van der Waals surface area (Å²) < 4.78 is 19.4. The Hall–Kier alpha value is -2.70. The minimum atomic E-state index is -1.10. The third-order valence-corrected chi connectivity index (χ3v) is 8.16. The van der Waals surface area contributed by atoms with E-state index in [9.17, 15) is 13.8 Å². The van der Waals surface area contributed by atoms with Gasteiger partial charge in [-0.3, -0.25) is 13.8 Å². The first kappa shape index (κ1) is 25.9. The summed E-state index contributed by atoms with van der Waals surface area (Å²) in [6.45, 7) is 7.78. The Labute approximate surface area is 208 Å². The molecule has 5 nitrogen and oxygen atoms in total. The first-order chi connectivity index (χ1) is 15.9. The van der Waals surface area contributed by atoms with Crippen LogP contribution in [0.5, 0.6) is 5.75 Å². The number of nitrogens with zero attached hydrogens (tertiary/aromatic N) is 1. The van der Waals surface area contributed by atoms with Crippen LogP contribution in [0.25, 0.3) is 11.1 Å². The first-order valence-electron chi connectivity index (χ1n) is 11.0. The highest BCUT2D eigenvalue weighted by atomic mass is 35.5. The van der Waals surface area contributed by atoms with Crippen LogP contribution in [0.15, 0.2) is 59.5 Å². The molecule has 7 heteroatoms. The molecule has 34 heavy (non-hydrogen) atoms. The fourth-order valence-corrected chi connectivity index (χ4v) is 4.93. The van der Waals surface area contributed by atoms with E-state index in [1.54, 1.807) is 62.8 Å². The van der Waals surface area contributed by atoms with Crippen molar-refractivity contribution in [3.8, 4) is 16.9 Å². The standard InChI is InChI=1S/C27H30ClNO4S/c1-17(16-34(32)27(2,3)4)22-14-25(30)29(5)15-24(22)21-12-11-20(33-6)13-23(21)26(31)18-7-9-19(28)10-8-18/h7-15,17H,16H2,1-6H3. The Balaban J connectivity index is 2.20. The summed E-state index contributed by atoms with van der Waals surface area (Å²) in [6.07, 6.45) is 1.74. The predicted octanol–water partition coefficient (Wildman–Crippen LogP) is 5.60. The van der Waals surface area contributed by atoms with E-state index in [-0.39, 0.29) is 22.0 Å². The number of pyridine rings is 1. The van der Waals surface area contributed by atoms with Gasteiger partial charge in [0.25, 0.3) is 5.56 Å². The zero-order valence-corrected chi connectivity index (χ0v) is 21.9. The number of methoxy groups -OCH3 is 1. The van der Waals surface area contributed by atoms with Gasteiger partial charge in [-0.2, -0.15) is 0 Å². The Morgan fingerprint density at radius 3 is 2.32 bits per heavy atom. The molecule has 0 fully saturated rings. The van der Waals surface area contributed by atoms with Crippen molar-refractivity contribution in [1.29, 1.82) is 0 Å².